The van der Waals surface area contributed by atoms with Crippen LogP contribution in [0.25, 0.3) is 10.9 Å². The van der Waals surface area contributed by atoms with Crippen LogP contribution in [0.15, 0.2) is 43.0 Å². The van der Waals surface area contributed by atoms with E-state index < -0.39 is 60.2 Å². The van der Waals surface area contributed by atoms with Crippen molar-refractivity contribution in [1.82, 2.24) is 30.9 Å². The van der Waals surface area contributed by atoms with Crippen LogP contribution in [0.2, 0.25) is 0 Å². The molecule has 214 valence electrons. The van der Waals surface area contributed by atoms with Gasteiger partial charge in [0.1, 0.15) is 18.1 Å². The van der Waals surface area contributed by atoms with Crippen LogP contribution in [-0.2, 0) is 36.8 Å². The zero-order chi connectivity index (χ0) is 29.2. The lowest BCUT2D eigenvalue weighted by Crippen LogP contribution is -2.58. The number of aliphatic carboxylic acids is 2. The van der Waals surface area contributed by atoms with Gasteiger partial charge < -0.3 is 41.9 Å². The van der Waals surface area contributed by atoms with E-state index >= 15 is 0 Å². The molecule has 0 saturated heterocycles. The minimum atomic E-state index is -1.34. The van der Waals surface area contributed by atoms with Gasteiger partial charge in [0.25, 0.3) is 0 Å². The molecule has 4 atom stereocenters. The number of para-hydroxylation sites is 1. The number of carboxylic acid groups (broad SMARTS) is 2. The minimum absolute atomic E-state index is 0.0283. The number of imidazole rings is 1. The molecule has 14 nitrogen and oxygen atoms in total. The van der Waals surface area contributed by atoms with Crippen LogP contribution in [-0.4, -0.2) is 84.7 Å². The van der Waals surface area contributed by atoms with Gasteiger partial charge in [0.2, 0.25) is 17.7 Å². The third kappa shape index (κ3) is 8.31. The Morgan fingerprint density at radius 1 is 0.925 bits per heavy atom. The van der Waals surface area contributed by atoms with Crippen molar-refractivity contribution in [3.05, 3.63) is 54.2 Å². The lowest BCUT2D eigenvalue weighted by molar-refractivity contribution is -0.141. The number of aromatic nitrogens is 3. The average molecular weight is 574 g/mol. The summed E-state index contributed by atoms with van der Waals surface area (Å²) in [5.41, 5.74) is 8.01. The summed E-state index contributed by atoms with van der Waals surface area (Å²) in [5, 5.41) is 26.7. The quantitative estimate of drug-likeness (QED) is 0.105. The zero-order valence-electron chi connectivity index (χ0n) is 21.3. The Morgan fingerprint density at radius 3 is 2.25 bits per heavy atom. The monoisotopic (exact) mass is 573 g/mol. The highest BCUT2D eigenvalue weighted by atomic mass is 32.1. The summed E-state index contributed by atoms with van der Waals surface area (Å²) in [5.74, 6) is -5.03. The highest BCUT2D eigenvalue weighted by Crippen LogP contribution is 2.19. The summed E-state index contributed by atoms with van der Waals surface area (Å²) in [6.45, 7) is 0. The first-order valence-electron chi connectivity index (χ1n) is 12.3. The molecular weight excluding hydrogens is 542 g/mol. The average Bonchev–Trinajstić information content (AvgIpc) is 3.58. The molecule has 2 aromatic heterocycles. The van der Waals surface area contributed by atoms with E-state index in [-0.39, 0.29) is 25.0 Å². The summed E-state index contributed by atoms with van der Waals surface area (Å²) >= 11 is 3.96. The Labute approximate surface area is 233 Å². The SMILES string of the molecule is NC(Cc1cnc[nH]1)C(=O)NC(CCC(=O)O)C(=O)NC(Cc1c[nH]c2ccccc12)C(=O)NC(CS)C(=O)O. The van der Waals surface area contributed by atoms with Crippen molar-refractivity contribution < 1.29 is 34.2 Å². The fourth-order valence-electron chi connectivity index (χ4n) is 4.00. The van der Waals surface area contributed by atoms with Crippen LogP contribution >= 0.6 is 12.6 Å². The van der Waals surface area contributed by atoms with E-state index in [1.807, 2.05) is 18.2 Å². The van der Waals surface area contributed by atoms with Crippen molar-refractivity contribution in [1.29, 1.82) is 0 Å². The normalized spacial score (nSPS) is 14.1. The third-order valence-electron chi connectivity index (χ3n) is 6.14. The molecule has 0 spiro atoms. The molecule has 0 aliphatic carbocycles. The maximum absolute atomic E-state index is 13.3. The molecule has 3 aromatic rings. The van der Waals surface area contributed by atoms with Gasteiger partial charge in [0, 0.05) is 54.0 Å². The first-order valence-corrected chi connectivity index (χ1v) is 13.0. The van der Waals surface area contributed by atoms with Crippen LogP contribution in [0.1, 0.15) is 24.1 Å². The molecule has 3 rings (SSSR count). The smallest absolute Gasteiger partial charge is 0.327 e. The number of nitrogens with two attached hydrogens (primary N) is 1. The van der Waals surface area contributed by atoms with Crippen molar-refractivity contribution in [3.8, 4) is 0 Å². The number of rotatable bonds is 15. The van der Waals surface area contributed by atoms with Crippen LogP contribution in [0.5, 0.6) is 0 Å². The van der Waals surface area contributed by atoms with E-state index in [9.17, 15) is 29.1 Å². The van der Waals surface area contributed by atoms with E-state index in [2.05, 4.69) is 43.5 Å². The highest BCUT2D eigenvalue weighted by Gasteiger charge is 2.31. The van der Waals surface area contributed by atoms with Crippen LogP contribution in [0.4, 0.5) is 0 Å². The van der Waals surface area contributed by atoms with Gasteiger partial charge in [-0.3, -0.25) is 19.2 Å². The molecule has 1 aromatic carbocycles. The molecule has 9 N–H and O–H groups in total. The third-order valence-corrected chi connectivity index (χ3v) is 6.51. The lowest BCUT2D eigenvalue weighted by Gasteiger charge is -2.25. The molecule has 0 aliphatic heterocycles. The van der Waals surface area contributed by atoms with Gasteiger partial charge in [0.05, 0.1) is 12.4 Å². The number of hydrogen-bond donors (Lipinski definition) is 9. The van der Waals surface area contributed by atoms with Gasteiger partial charge in [-0.25, -0.2) is 9.78 Å². The molecule has 15 heteroatoms. The zero-order valence-corrected chi connectivity index (χ0v) is 22.2. The summed E-state index contributed by atoms with van der Waals surface area (Å²) in [6, 6.07) is 2.29. The van der Waals surface area contributed by atoms with E-state index in [4.69, 9.17) is 10.8 Å². The fourth-order valence-corrected chi connectivity index (χ4v) is 4.25. The number of H-pyrrole nitrogens is 2. The Bertz CT molecular complexity index is 1340. The first kappa shape index (κ1) is 30.2. The molecule has 0 radical (unpaired) electrons. The van der Waals surface area contributed by atoms with Crippen LogP contribution in [0, 0.1) is 0 Å². The number of fused-ring (bicyclic) bond motifs is 1. The molecule has 0 saturated carbocycles. The first-order chi connectivity index (χ1) is 19.1. The van der Waals surface area contributed by atoms with Gasteiger partial charge in [-0.2, -0.15) is 12.6 Å². The molecule has 0 fully saturated rings. The molecule has 2 heterocycles. The van der Waals surface area contributed by atoms with Crippen molar-refractivity contribution in [2.45, 2.75) is 49.9 Å². The maximum atomic E-state index is 13.3. The van der Waals surface area contributed by atoms with Crippen molar-refractivity contribution in [3.63, 3.8) is 0 Å². The second-order valence-corrected chi connectivity index (χ2v) is 9.45. The number of hydrogen-bond acceptors (Lipinski definition) is 8. The molecule has 4 unspecified atom stereocenters. The standard InChI is InChI=1S/C25H31N7O7S/c26-16(8-14-10-27-12-29-14)22(35)30-18(5-6-21(33)34)23(36)31-19(24(37)32-20(11-40)25(38)39)7-13-9-28-17-4-2-1-3-15(13)17/h1-4,9-10,12,16,18-20,28,40H,5-8,11,26H2,(H,27,29)(H,30,35)(H,31,36)(H,32,37)(H,33,34)(H,38,39). The number of carbonyl (C=O) groups is 5. The van der Waals surface area contributed by atoms with Gasteiger partial charge >= 0.3 is 11.9 Å². The van der Waals surface area contributed by atoms with Gasteiger partial charge in [-0.05, 0) is 18.1 Å². The van der Waals surface area contributed by atoms with Gasteiger partial charge in [0.15, 0.2) is 0 Å². The van der Waals surface area contributed by atoms with Crippen molar-refractivity contribution in [2.24, 2.45) is 5.73 Å². The Balaban J connectivity index is 1.81. The summed E-state index contributed by atoms with van der Waals surface area (Å²) in [7, 11) is 0. The minimum Gasteiger partial charge on any atom is -0.481 e. The maximum Gasteiger partial charge on any atom is 0.327 e. The molecule has 3 amide bonds. The van der Waals surface area contributed by atoms with E-state index in [0.29, 0.717) is 11.3 Å². The fraction of sp³-hybridized carbons (Fsp3) is 0.360. The Hall–Kier alpha value is -4.37. The largest absolute Gasteiger partial charge is 0.481 e. The lowest BCUT2D eigenvalue weighted by atomic mass is 10.0. The summed E-state index contributed by atoms with van der Waals surface area (Å²) < 4.78 is 0. The predicted octanol–water partition coefficient (Wildman–Crippen LogP) is -0.663. The number of benzene rings is 1. The van der Waals surface area contributed by atoms with Gasteiger partial charge in [-0.15, -0.1) is 0 Å². The van der Waals surface area contributed by atoms with Crippen LogP contribution in [0.3, 0.4) is 0 Å². The van der Waals surface area contributed by atoms with Gasteiger partial charge in [-0.1, -0.05) is 18.2 Å². The number of aromatic amines is 2. The molecule has 0 aliphatic rings. The number of thiol groups is 1. The van der Waals surface area contributed by atoms with Crippen molar-refractivity contribution >= 4 is 53.2 Å². The number of amides is 3. The van der Waals surface area contributed by atoms with Crippen LogP contribution < -0.4 is 21.7 Å². The molecule has 0 bridgehead atoms. The summed E-state index contributed by atoms with van der Waals surface area (Å²) in [4.78, 5) is 71.7. The number of nitrogens with zero attached hydrogens (tertiary/aromatic N) is 1. The predicted molar refractivity (Wildman–Crippen MR) is 146 cm³/mol. The van der Waals surface area contributed by atoms with E-state index in [1.54, 1.807) is 12.3 Å². The Morgan fingerprint density at radius 2 is 1.60 bits per heavy atom. The summed E-state index contributed by atoms with van der Waals surface area (Å²) in [6.07, 6.45) is 3.91. The number of carbonyl (C=O) groups excluding carboxylic acids is 3. The topological polar surface area (TPSA) is 232 Å². The van der Waals surface area contributed by atoms with Crippen molar-refractivity contribution in [2.75, 3.05) is 5.75 Å². The number of carboxylic acids is 2. The Kier molecular flexibility index (Phi) is 10.7. The molecular formula is C25H31N7O7S. The van der Waals surface area contributed by atoms with E-state index in [0.717, 1.165) is 10.9 Å². The highest BCUT2D eigenvalue weighted by molar-refractivity contribution is 7.80. The second kappa shape index (κ2) is 14.1. The second-order valence-electron chi connectivity index (χ2n) is 9.09. The molecule has 40 heavy (non-hydrogen) atoms. The number of nitrogens with one attached hydrogen (secondary N) is 5. The van der Waals surface area contributed by atoms with E-state index in [1.165, 1.54) is 12.5 Å².